The number of nitrogens with one attached hydrogen (secondary N) is 1. The molecule has 34 heavy (non-hydrogen) atoms. The van der Waals surface area contributed by atoms with E-state index in [0.29, 0.717) is 5.95 Å². The molecule has 2 saturated heterocycles. The minimum absolute atomic E-state index is 0.518. The Morgan fingerprint density at radius 3 is 1.74 bits per heavy atom. The Bertz CT molecular complexity index is 855. The Hall–Kier alpha value is -2.90. The number of hydrogen-bond donors (Lipinski definition) is 1. The van der Waals surface area contributed by atoms with Gasteiger partial charge in [-0.05, 0) is 57.2 Å². The number of benzene rings is 1. The van der Waals surface area contributed by atoms with E-state index in [1.807, 2.05) is 6.21 Å². The normalized spacial score (nSPS) is 17.5. The molecule has 2 fully saturated rings. The zero-order valence-corrected chi connectivity index (χ0v) is 20.9. The molecule has 0 atom stereocenters. The first-order valence-corrected chi connectivity index (χ1v) is 13.2. The highest BCUT2D eigenvalue weighted by Gasteiger charge is 2.19. The van der Waals surface area contributed by atoms with Crippen LogP contribution >= 0.6 is 0 Å². The van der Waals surface area contributed by atoms with Crippen molar-refractivity contribution in [3.05, 3.63) is 29.8 Å². The van der Waals surface area contributed by atoms with Crippen molar-refractivity contribution < 1.29 is 0 Å². The molecule has 2 aliphatic heterocycles. The van der Waals surface area contributed by atoms with E-state index in [1.165, 1.54) is 57.1 Å². The summed E-state index contributed by atoms with van der Waals surface area (Å²) < 4.78 is 0. The highest BCUT2D eigenvalue weighted by molar-refractivity contribution is 5.80. The molecular weight excluding hydrogens is 424 g/mol. The Labute approximate surface area is 204 Å². The van der Waals surface area contributed by atoms with E-state index >= 15 is 0 Å². The van der Waals surface area contributed by atoms with E-state index in [4.69, 9.17) is 15.0 Å². The Morgan fingerprint density at radius 2 is 1.26 bits per heavy atom. The van der Waals surface area contributed by atoms with E-state index in [2.05, 4.69) is 63.3 Å². The number of aromatic nitrogens is 3. The highest BCUT2D eigenvalue weighted by Crippen LogP contribution is 2.22. The molecule has 0 aliphatic carbocycles. The van der Waals surface area contributed by atoms with E-state index in [0.717, 1.165) is 56.7 Å². The van der Waals surface area contributed by atoms with Gasteiger partial charge in [-0.3, -0.25) is 0 Å². The second kappa shape index (κ2) is 12.5. The second-order valence-corrected chi connectivity index (χ2v) is 9.20. The van der Waals surface area contributed by atoms with Gasteiger partial charge in [0.1, 0.15) is 0 Å². The van der Waals surface area contributed by atoms with Gasteiger partial charge in [0.25, 0.3) is 0 Å². The van der Waals surface area contributed by atoms with Gasteiger partial charge < -0.3 is 14.7 Å². The van der Waals surface area contributed by atoms with Gasteiger partial charge in [0.2, 0.25) is 17.8 Å². The summed E-state index contributed by atoms with van der Waals surface area (Å²) in [5.74, 6) is 2.07. The van der Waals surface area contributed by atoms with Crippen molar-refractivity contribution in [3.8, 4) is 0 Å². The molecule has 2 aliphatic rings. The molecule has 8 heteroatoms. The average Bonchev–Trinajstić information content (AvgIpc) is 3.32. The maximum Gasteiger partial charge on any atom is 0.250 e. The number of anilines is 4. The summed E-state index contributed by atoms with van der Waals surface area (Å²) in [4.78, 5) is 21.4. The van der Waals surface area contributed by atoms with Crippen molar-refractivity contribution >= 4 is 29.7 Å². The lowest BCUT2D eigenvalue weighted by Gasteiger charge is -2.24. The van der Waals surface area contributed by atoms with Gasteiger partial charge >= 0.3 is 0 Å². The third kappa shape index (κ3) is 6.58. The van der Waals surface area contributed by atoms with E-state index < -0.39 is 0 Å². The van der Waals surface area contributed by atoms with Crippen LogP contribution in [0.3, 0.4) is 0 Å². The maximum atomic E-state index is 4.91. The summed E-state index contributed by atoms with van der Waals surface area (Å²) in [6.45, 7) is 10.4. The van der Waals surface area contributed by atoms with Crippen LogP contribution in [0.4, 0.5) is 23.5 Å². The van der Waals surface area contributed by atoms with Gasteiger partial charge in [-0.1, -0.05) is 37.8 Å². The largest absolute Gasteiger partial charge is 0.372 e. The summed E-state index contributed by atoms with van der Waals surface area (Å²) in [6.07, 6.45) is 11.7. The zero-order chi connectivity index (χ0) is 23.6. The summed E-state index contributed by atoms with van der Waals surface area (Å²) in [5, 5.41) is 4.46. The monoisotopic (exact) mass is 464 g/mol. The van der Waals surface area contributed by atoms with Crippen molar-refractivity contribution in [1.29, 1.82) is 0 Å². The van der Waals surface area contributed by atoms with Crippen molar-refractivity contribution in [2.24, 2.45) is 5.10 Å². The first-order chi connectivity index (χ1) is 16.8. The molecule has 0 bridgehead atoms. The molecule has 2 aromatic rings. The van der Waals surface area contributed by atoms with Gasteiger partial charge in [-0.25, -0.2) is 5.43 Å². The predicted molar refractivity (Wildman–Crippen MR) is 142 cm³/mol. The van der Waals surface area contributed by atoms with E-state index in [-0.39, 0.29) is 0 Å². The lowest BCUT2D eigenvalue weighted by Crippen LogP contribution is -2.30. The van der Waals surface area contributed by atoms with Crippen LogP contribution in [0.25, 0.3) is 0 Å². The van der Waals surface area contributed by atoms with Crippen LogP contribution in [0, 0.1) is 0 Å². The van der Waals surface area contributed by atoms with Crippen LogP contribution in [-0.4, -0.2) is 60.4 Å². The third-order valence-electron chi connectivity index (χ3n) is 6.79. The predicted octanol–water partition coefficient (Wildman–Crippen LogP) is 4.92. The molecule has 0 saturated carbocycles. The van der Waals surface area contributed by atoms with Crippen LogP contribution in [-0.2, 0) is 0 Å². The minimum Gasteiger partial charge on any atom is -0.372 e. The first-order valence-electron chi connectivity index (χ1n) is 13.2. The van der Waals surface area contributed by atoms with Crippen LogP contribution in [0.15, 0.2) is 29.4 Å². The fourth-order valence-electron chi connectivity index (χ4n) is 4.75. The third-order valence-corrected chi connectivity index (χ3v) is 6.79. The molecule has 3 heterocycles. The average molecular weight is 465 g/mol. The molecule has 0 unspecified atom stereocenters. The summed E-state index contributed by atoms with van der Waals surface area (Å²) >= 11 is 0. The molecule has 1 aromatic carbocycles. The number of hydrogen-bond acceptors (Lipinski definition) is 8. The summed E-state index contributed by atoms with van der Waals surface area (Å²) in [5.41, 5.74) is 5.36. The molecule has 8 nitrogen and oxygen atoms in total. The van der Waals surface area contributed by atoms with Gasteiger partial charge in [0, 0.05) is 45.0 Å². The molecule has 4 rings (SSSR count). The van der Waals surface area contributed by atoms with Crippen molar-refractivity contribution in [3.63, 3.8) is 0 Å². The van der Waals surface area contributed by atoms with Gasteiger partial charge in [-0.2, -0.15) is 20.1 Å². The topological polar surface area (TPSA) is 72.8 Å². The second-order valence-electron chi connectivity index (χ2n) is 9.20. The van der Waals surface area contributed by atoms with Crippen molar-refractivity contribution in [1.82, 2.24) is 15.0 Å². The number of hydrazone groups is 1. The van der Waals surface area contributed by atoms with Crippen LogP contribution in [0.2, 0.25) is 0 Å². The summed E-state index contributed by atoms with van der Waals surface area (Å²) in [6, 6.07) is 8.48. The first kappa shape index (κ1) is 24.2. The Kier molecular flexibility index (Phi) is 8.93. The van der Waals surface area contributed by atoms with Crippen LogP contribution < -0.4 is 20.1 Å². The fourth-order valence-corrected chi connectivity index (χ4v) is 4.75. The SMILES string of the molecule is CCN(CC)c1ccc(/C=N\Nc2nc(N3CCCCCC3)nc(N3CCCCCC3)n2)cc1. The molecule has 0 radical (unpaired) electrons. The van der Waals surface area contributed by atoms with Crippen LogP contribution in [0.5, 0.6) is 0 Å². The van der Waals surface area contributed by atoms with Gasteiger partial charge in [0.15, 0.2) is 0 Å². The molecule has 1 N–H and O–H groups in total. The zero-order valence-electron chi connectivity index (χ0n) is 20.9. The molecule has 184 valence electrons. The number of nitrogens with zero attached hydrogens (tertiary/aromatic N) is 7. The molecule has 0 spiro atoms. The lowest BCUT2D eigenvalue weighted by molar-refractivity contribution is 0.726. The fraction of sp³-hybridized carbons (Fsp3) is 0.615. The van der Waals surface area contributed by atoms with E-state index in [9.17, 15) is 0 Å². The van der Waals surface area contributed by atoms with Crippen molar-refractivity contribution in [2.45, 2.75) is 65.2 Å². The molecular formula is C26H40N8. The van der Waals surface area contributed by atoms with E-state index in [1.54, 1.807) is 0 Å². The smallest absolute Gasteiger partial charge is 0.250 e. The van der Waals surface area contributed by atoms with Gasteiger partial charge in [-0.15, -0.1) is 0 Å². The van der Waals surface area contributed by atoms with Crippen LogP contribution in [0.1, 0.15) is 70.8 Å². The Morgan fingerprint density at radius 1 is 0.765 bits per heavy atom. The maximum absolute atomic E-state index is 4.91. The lowest BCUT2D eigenvalue weighted by atomic mass is 10.2. The minimum atomic E-state index is 0.518. The quantitative estimate of drug-likeness (QED) is 0.439. The summed E-state index contributed by atoms with van der Waals surface area (Å²) in [7, 11) is 0. The Balaban J connectivity index is 1.51. The number of rotatable bonds is 8. The van der Waals surface area contributed by atoms with Crippen molar-refractivity contribution in [2.75, 3.05) is 59.4 Å². The highest BCUT2D eigenvalue weighted by atomic mass is 15.4. The van der Waals surface area contributed by atoms with Gasteiger partial charge in [0.05, 0.1) is 6.21 Å². The molecule has 0 amide bonds. The standard InChI is InChI=1S/C26H40N8/c1-3-32(4-2)23-15-13-22(14-16-23)21-27-31-24-28-25(33-17-9-5-6-10-18-33)30-26(29-24)34-19-11-7-8-12-20-34/h13-16,21H,3-12,17-20H2,1-2H3,(H,28,29,30,31)/b27-21-. The molecule has 1 aromatic heterocycles.